The average Bonchev–Trinajstić information content (AvgIpc) is 3.34. The smallest absolute Gasteiger partial charge is 0.276 e. The van der Waals surface area contributed by atoms with Crippen LogP contribution in [0.2, 0.25) is 0 Å². The van der Waals surface area contributed by atoms with Crippen LogP contribution in [0.3, 0.4) is 0 Å². The molecular weight excluding hydrogens is 494 g/mol. The number of pyridine rings is 2. The van der Waals surface area contributed by atoms with E-state index >= 15 is 0 Å². The zero-order valence-corrected chi connectivity index (χ0v) is 22.7. The molecule has 4 aromatic rings. The number of hydrogen-bond donors (Lipinski definition) is 2. The van der Waals surface area contributed by atoms with Crippen LogP contribution in [0.1, 0.15) is 48.8 Å². The van der Waals surface area contributed by atoms with Gasteiger partial charge in [-0.2, -0.15) is 0 Å². The molecule has 0 saturated carbocycles. The summed E-state index contributed by atoms with van der Waals surface area (Å²) in [6.07, 6.45) is 10.3. The Hall–Kier alpha value is -4.31. The van der Waals surface area contributed by atoms with E-state index in [1.165, 1.54) is 10.9 Å². The first-order chi connectivity index (χ1) is 18.7. The highest BCUT2D eigenvalue weighted by atomic mass is 16.3. The predicted molar refractivity (Wildman–Crippen MR) is 150 cm³/mol. The summed E-state index contributed by atoms with van der Waals surface area (Å²) in [6.45, 7) is 7.39. The number of aliphatic hydroxyl groups excluding tert-OH is 1. The Balaban J connectivity index is 1.51. The molecule has 1 aliphatic heterocycles. The molecule has 5 heterocycles. The van der Waals surface area contributed by atoms with Gasteiger partial charge in [-0.15, -0.1) is 0 Å². The Morgan fingerprint density at radius 2 is 1.90 bits per heavy atom. The predicted octanol–water partition coefficient (Wildman–Crippen LogP) is 3.91. The molecule has 10 nitrogen and oxygen atoms in total. The normalized spacial score (nSPS) is 13.5. The second kappa shape index (κ2) is 10.5. The quantitative estimate of drug-likeness (QED) is 0.357. The maximum absolute atomic E-state index is 13.7. The van der Waals surface area contributed by atoms with Crippen LogP contribution < -0.4 is 15.8 Å². The van der Waals surface area contributed by atoms with E-state index in [2.05, 4.69) is 47.2 Å². The van der Waals surface area contributed by atoms with Gasteiger partial charge in [0.15, 0.2) is 0 Å². The van der Waals surface area contributed by atoms with Crippen LogP contribution in [-0.2, 0) is 26.6 Å². The number of aliphatic hydroxyl groups is 1. The largest absolute Gasteiger partial charge is 0.392 e. The average molecular weight is 528 g/mol. The van der Waals surface area contributed by atoms with Crippen molar-refractivity contribution in [3.8, 4) is 11.1 Å². The summed E-state index contributed by atoms with van der Waals surface area (Å²) in [5, 5.41) is 13.5. The van der Waals surface area contributed by atoms with Gasteiger partial charge in [-0.05, 0) is 47.2 Å². The van der Waals surface area contributed by atoms with Crippen LogP contribution >= 0.6 is 0 Å². The Labute approximate surface area is 227 Å². The minimum Gasteiger partial charge on any atom is -0.392 e. The molecule has 0 saturated heterocycles. The van der Waals surface area contributed by atoms with Gasteiger partial charge in [-0.1, -0.05) is 27.2 Å². The molecule has 0 aliphatic carbocycles. The fourth-order valence-electron chi connectivity index (χ4n) is 4.95. The number of fused-ring (bicyclic) bond motifs is 1. The maximum Gasteiger partial charge on any atom is 0.276 e. The van der Waals surface area contributed by atoms with Crippen molar-refractivity contribution in [2.24, 2.45) is 12.5 Å². The van der Waals surface area contributed by atoms with Gasteiger partial charge in [0, 0.05) is 56.1 Å². The first-order valence-corrected chi connectivity index (χ1v) is 13.0. The van der Waals surface area contributed by atoms with Crippen LogP contribution in [0.25, 0.3) is 11.1 Å². The Morgan fingerprint density at radius 1 is 1.08 bits per heavy atom. The molecule has 0 radical (unpaired) electrons. The first-order valence-electron chi connectivity index (χ1n) is 13.0. The van der Waals surface area contributed by atoms with Crippen LogP contribution in [0.15, 0.2) is 60.2 Å². The van der Waals surface area contributed by atoms with Crippen molar-refractivity contribution < 1.29 is 9.90 Å². The molecule has 1 amide bonds. The molecule has 0 unspecified atom stereocenters. The molecule has 202 valence electrons. The van der Waals surface area contributed by atoms with E-state index in [0.29, 0.717) is 52.8 Å². The summed E-state index contributed by atoms with van der Waals surface area (Å²) in [4.78, 5) is 40.7. The van der Waals surface area contributed by atoms with E-state index < -0.39 is 0 Å². The fourth-order valence-corrected chi connectivity index (χ4v) is 4.95. The van der Waals surface area contributed by atoms with Crippen molar-refractivity contribution in [3.05, 3.63) is 82.6 Å². The zero-order valence-electron chi connectivity index (χ0n) is 22.7. The lowest BCUT2D eigenvalue weighted by molar-refractivity contribution is 0.0964. The molecule has 0 fully saturated rings. The number of nitrogens with zero attached hydrogens (tertiary/aromatic N) is 6. The van der Waals surface area contributed by atoms with Crippen LogP contribution in [0.5, 0.6) is 0 Å². The Morgan fingerprint density at radius 3 is 2.62 bits per heavy atom. The van der Waals surface area contributed by atoms with Crippen molar-refractivity contribution in [3.63, 3.8) is 0 Å². The standard InChI is InChI=1S/C29H33N7O3/c1-5-29(2,3)14-19-12-24-28(39)36(11-10-35(24)15-19)26-22(17-37)21(6-9-31-26)20-13-23(27(38)34(4)16-20)33-25-7-8-30-18-32-25/h6-9,12-13,15-16,18,37H,5,10-11,14,17H2,1-4H3,(H,30,32,33). The molecule has 4 aromatic heterocycles. The van der Waals surface area contributed by atoms with Gasteiger partial charge >= 0.3 is 0 Å². The highest BCUT2D eigenvalue weighted by molar-refractivity contribution is 6.06. The SMILES string of the molecule is CCC(C)(C)Cc1cc2n(c1)CCN(c1nccc(-c3cc(Nc4ccncn4)c(=O)n(C)c3)c1CO)C2=O. The summed E-state index contributed by atoms with van der Waals surface area (Å²) in [7, 11) is 1.66. The zero-order chi connectivity index (χ0) is 27.7. The second-order valence-electron chi connectivity index (χ2n) is 10.7. The monoisotopic (exact) mass is 527 g/mol. The molecule has 0 bridgehead atoms. The van der Waals surface area contributed by atoms with Gasteiger partial charge in [0.25, 0.3) is 11.5 Å². The topological polar surface area (TPSA) is 118 Å². The molecule has 0 atom stereocenters. The first kappa shape index (κ1) is 26.3. The summed E-state index contributed by atoms with van der Waals surface area (Å²) >= 11 is 0. The third kappa shape index (κ3) is 5.20. The molecule has 2 N–H and O–H groups in total. The molecule has 0 aromatic carbocycles. The number of hydrogen-bond acceptors (Lipinski definition) is 7. The fraction of sp³-hybridized carbons (Fsp3) is 0.345. The third-order valence-corrected chi connectivity index (χ3v) is 7.41. The molecule has 1 aliphatic rings. The number of aromatic nitrogens is 5. The number of anilines is 3. The van der Waals surface area contributed by atoms with E-state index in [-0.39, 0.29) is 23.5 Å². The van der Waals surface area contributed by atoms with Gasteiger partial charge in [0.05, 0.1) is 6.61 Å². The number of carbonyl (C=O) groups is 1. The number of carbonyl (C=O) groups excluding carboxylic acids is 1. The van der Waals surface area contributed by atoms with Crippen molar-refractivity contribution in [2.75, 3.05) is 16.8 Å². The molecule has 0 spiro atoms. The highest BCUT2D eigenvalue weighted by Gasteiger charge is 2.30. The van der Waals surface area contributed by atoms with E-state index in [1.807, 2.05) is 10.6 Å². The van der Waals surface area contributed by atoms with Gasteiger partial charge < -0.3 is 19.6 Å². The summed E-state index contributed by atoms with van der Waals surface area (Å²) in [5.41, 5.74) is 3.90. The van der Waals surface area contributed by atoms with Gasteiger partial charge in [-0.25, -0.2) is 15.0 Å². The van der Waals surface area contributed by atoms with Crippen molar-refractivity contribution in [1.82, 2.24) is 24.1 Å². The Bertz CT molecular complexity index is 1570. The number of nitrogens with one attached hydrogen (secondary N) is 1. The lowest BCUT2D eigenvalue weighted by Crippen LogP contribution is -2.41. The minimum atomic E-state index is -0.323. The lowest BCUT2D eigenvalue weighted by atomic mass is 9.84. The molecule has 39 heavy (non-hydrogen) atoms. The molecule has 10 heteroatoms. The van der Waals surface area contributed by atoms with E-state index in [9.17, 15) is 14.7 Å². The van der Waals surface area contributed by atoms with E-state index in [0.717, 1.165) is 18.4 Å². The lowest BCUT2D eigenvalue weighted by Gasteiger charge is -2.29. The Kier molecular flexibility index (Phi) is 7.05. The summed E-state index contributed by atoms with van der Waals surface area (Å²) in [6, 6.07) is 7.15. The molecular formula is C29H33N7O3. The summed E-state index contributed by atoms with van der Waals surface area (Å²) < 4.78 is 3.48. The minimum absolute atomic E-state index is 0.146. The maximum atomic E-state index is 13.7. The van der Waals surface area contributed by atoms with Gasteiger partial charge in [0.2, 0.25) is 0 Å². The van der Waals surface area contributed by atoms with Crippen LogP contribution in [0, 0.1) is 5.41 Å². The van der Waals surface area contributed by atoms with Gasteiger partial charge in [-0.3, -0.25) is 14.5 Å². The third-order valence-electron chi connectivity index (χ3n) is 7.41. The van der Waals surface area contributed by atoms with E-state index in [4.69, 9.17) is 0 Å². The summed E-state index contributed by atoms with van der Waals surface area (Å²) in [5.74, 6) is 0.760. The molecule has 5 rings (SSSR count). The number of amides is 1. The highest BCUT2D eigenvalue weighted by Crippen LogP contribution is 2.33. The van der Waals surface area contributed by atoms with Crippen LogP contribution in [-0.4, -0.2) is 41.6 Å². The van der Waals surface area contributed by atoms with Gasteiger partial charge in [0.1, 0.15) is 29.3 Å². The second-order valence-corrected chi connectivity index (χ2v) is 10.7. The van der Waals surface area contributed by atoms with Crippen molar-refractivity contribution in [2.45, 2.75) is 46.8 Å². The number of aryl methyl sites for hydroxylation is 1. The van der Waals surface area contributed by atoms with Crippen molar-refractivity contribution in [1.29, 1.82) is 0 Å². The van der Waals surface area contributed by atoms with Crippen LogP contribution in [0.4, 0.5) is 17.3 Å². The number of rotatable bonds is 8. The van der Waals surface area contributed by atoms with Crippen molar-refractivity contribution >= 4 is 23.2 Å². The van der Waals surface area contributed by atoms with E-state index in [1.54, 1.807) is 48.7 Å².